The van der Waals surface area contributed by atoms with Crippen LogP contribution in [-0.4, -0.2) is 35.5 Å². The summed E-state index contributed by atoms with van der Waals surface area (Å²) in [4.78, 5) is 10.4. The van der Waals surface area contributed by atoms with Gasteiger partial charge < -0.3 is 4.74 Å². The fourth-order valence-corrected chi connectivity index (χ4v) is 0.655. The molecule has 0 unspecified atom stereocenters. The van der Waals surface area contributed by atoms with E-state index in [0.717, 1.165) is 0 Å². The number of hydrogen-bond acceptors (Lipinski definition) is 2. The summed E-state index contributed by atoms with van der Waals surface area (Å²) in [5.41, 5.74) is 0. The number of esters is 1. The molecule has 0 saturated carbocycles. The summed E-state index contributed by atoms with van der Waals surface area (Å²) >= 11 is 0. The van der Waals surface area contributed by atoms with Gasteiger partial charge >= 0.3 is 35.5 Å². The van der Waals surface area contributed by atoms with Gasteiger partial charge in [0.25, 0.3) is 0 Å². The van der Waals surface area contributed by atoms with Gasteiger partial charge in [-0.1, -0.05) is 32.0 Å². The predicted octanol–water partition coefficient (Wildman–Crippen LogP) is 1.99. The quantitative estimate of drug-likeness (QED) is 0.384. The molecular weight excluding hydrogens is 175 g/mol. The van der Waals surface area contributed by atoms with Crippen LogP contribution in [0.3, 0.4) is 0 Å². The van der Waals surface area contributed by atoms with E-state index in [1.807, 2.05) is 32.0 Å². The first-order chi connectivity index (χ1) is 5.79. The molecule has 0 saturated heterocycles. The normalized spacial score (nSPS) is 7.31. The molecule has 0 amide bonds. The van der Waals surface area contributed by atoms with E-state index in [9.17, 15) is 4.79 Å². The number of benzene rings is 1. The van der Waals surface area contributed by atoms with Gasteiger partial charge in [0.2, 0.25) is 0 Å². The van der Waals surface area contributed by atoms with Crippen LogP contribution >= 0.6 is 0 Å². The van der Waals surface area contributed by atoms with E-state index in [2.05, 4.69) is 0 Å². The first-order valence-electron chi connectivity index (χ1n) is 4.02. The van der Waals surface area contributed by atoms with Gasteiger partial charge in [0.1, 0.15) is 5.75 Å². The Morgan fingerprint density at radius 2 is 1.62 bits per heavy atom. The number of carbonyl (C=O) groups excluding carboxylic acids is 1. The van der Waals surface area contributed by atoms with Gasteiger partial charge in [0.15, 0.2) is 0 Å². The molecule has 0 heterocycles. The molecule has 0 radical (unpaired) electrons. The van der Waals surface area contributed by atoms with E-state index in [1.54, 1.807) is 12.1 Å². The zero-order chi connectivity index (χ0) is 9.40. The Hall–Kier alpha value is -0.310. The van der Waals surface area contributed by atoms with Gasteiger partial charge in [-0.15, -0.1) is 0 Å². The van der Waals surface area contributed by atoms with Crippen molar-refractivity contribution < 1.29 is 9.53 Å². The van der Waals surface area contributed by atoms with Crippen LogP contribution in [0.15, 0.2) is 30.3 Å². The van der Waals surface area contributed by atoms with Gasteiger partial charge in [-0.2, -0.15) is 0 Å². The Balaban J connectivity index is 0. The van der Waals surface area contributed by atoms with E-state index < -0.39 is 0 Å². The van der Waals surface area contributed by atoms with Gasteiger partial charge in [0, 0.05) is 6.92 Å². The first-order valence-corrected chi connectivity index (χ1v) is 4.02. The average Bonchev–Trinajstić information content (AvgIpc) is 2.08. The summed E-state index contributed by atoms with van der Waals surface area (Å²) in [7, 11) is 0. The minimum absolute atomic E-state index is 0. The van der Waals surface area contributed by atoms with Crippen molar-refractivity contribution in [2.24, 2.45) is 0 Å². The second kappa shape index (κ2) is 9.78. The Morgan fingerprint density at radius 3 is 2.00 bits per heavy atom. The van der Waals surface area contributed by atoms with E-state index >= 15 is 0 Å². The molecular formula is C10H15NaO2. The van der Waals surface area contributed by atoms with E-state index in [-0.39, 0.29) is 35.5 Å². The number of hydrogen-bond donors (Lipinski definition) is 0. The molecule has 0 spiro atoms. The summed E-state index contributed by atoms with van der Waals surface area (Å²) in [6.45, 7) is 5.38. The van der Waals surface area contributed by atoms with Crippen molar-refractivity contribution in [1.82, 2.24) is 0 Å². The standard InChI is InChI=1S/C8H8O2.C2H6.Na.H/c1-7(9)10-8-5-3-2-4-6-8;1-2;;/h2-6H,1H3;1-2H3;;. The van der Waals surface area contributed by atoms with Crippen molar-refractivity contribution in [3.63, 3.8) is 0 Å². The van der Waals surface area contributed by atoms with Crippen molar-refractivity contribution in [3.05, 3.63) is 30.3 Å². The molecule has 1 aromatic rings. The van der Waals surface area contributed by atoms with Crippen LogP contribution in [-0.2, 0) is 4.79 Å². The monoisotopic (exact) mass is 190 g/mol. The molecule has 0 aliphatic rings. The van der Waals surface area contributed by atoms with Crippen LogP contribution in [0.1, 0.15) is 20.8 Å². The summed E-state index contributed by atoms with van der Waals surface area (Å²) < 4.78 is 4.78. The Bertz CT molecular complexity index is 222. The molecule has 0 N–H and O–H groups in total. The van der Waals surface area contributed by atoms with Crippen LogP contribution in [0.5, 0.6) is 5.75 Å². The molecule has 3 heteroatoms. The van der Waals surface area contributed by atoms with Gasteiger partial charge in [-0.25, -0.2) is 0 Å². The zero-order valence-corrected chi connectivity index (χ0v) is 7.70. The Kier molecular flexibility index (Phi) is 11.4. The molecule has 0 aromatic heterocycles. The molecule has 68 valence electrons. The second-order valence-corrected chi connectivity index (χ2v) is 1.91. The molecule has 0 aliphatic heterocycles. The molecule has 2 nitrogen and oxygen atoms in total. The Labute approximate surface area is 102 Å². The maximum absolute atomic E-state index is 10.4. The third-order valence-corrected chi connectivity index (χ3v) is 1.00. The van der Waals surface area contributed by atoms with E-state index in [0.29, 0.717) is 5.75 Å². The van der Waals surface area contributed by atoms with Crippen LogP contribution in [0.4, 0.5) is 0 Å². The van der Waals surface area contributed by atoms with Crippen molar-refractivity contribution in [2.45, 2.75) is 20.8 Å². The van der Waals surface area contributed by atoms with Crippen LogP contribution < -0.4 is 4.74 Å². The van der Waals surface area contributed by atoms with Crippen LogP contribution in [0, 0.1) is 0 Å². The fourth-order valence-electron chi connectivity index (χ4n) is 0.655. The summed E-state index contributed by atoms with van der Waals surface area (Å²) in [6.07, 6.45) is 0. The van der Waals surface area contributed by atoms with E-state index in [1.165, 1.54) is 6.92 Å². The van der Waals surface area contributed by atoms with Crippen molar-refractivity contribution in [3.8, 4) is 5.75 Å². The van der Waals surface area contributed by atoms with Crippen molar-refractivity contribution in [2.75, 3.05) is 0 Å². The molecule has 0 aliphatic carbocycles. The topological polar surface area (TPSA) is 26.3 Å². The fraction of sp³-hybridized carbons (Fsp3) is 0.300. The maximum atomic E-state index is 10.4. The number of para-hydroxylation sites is 1. The summed E-state index contributed by atoms with van der Waals surface area (Å²) in [6, 6.07) is 8.98. The van der Waals surface area contributed by atoms with Crippen molar-refractivity contribution in [1.29, 1.82) is 0 Å². The van der Waals surface area contributed by atoms with Gasteiger partial charge in [-0.3, -0.25) is 4.79 Å². The van der Waals surface area contributed by atoms with Crippen LogP contribution in [0.2, 0.25) is 0 Å². The third-order valence-electron chi connectivity index (χ3n) is 1.00. The molecule has 1 aromatic carbocycles. The third kappa shape index (κ3) is 8.03. The first kappa shape index (κ1) is 15.2. The second-order valence-electron chi connectivity index (χ2n) is 1.91. The molecule has 1 rings (SSSR count). The van der Waals surface area contributed by atoms with Crippen molar-refractivity contribution >= 4 is 35.5 Å². The number of rotatable bonds is 1. The summed E-state index contributed by atoms with van der Waals surface area (Å²) in [5, 5.41) is 0. The van der Waals surface area contributed by atoms with Gasteiger partial charge in [-0.05, 0) is 12.1 Å². The number of ether oxygens (including phenoxy) is 1. The molecule has 13 heavy (non-hydrogen) atoms. The molecule has 0 fully saturated rings. The molecule has 0 atom stereocenters. The SMILES string of the molecule is CC.CC(=O)Oc1ccccc1.[NaH]. The summed E-state index contributed by atoms with van der Waals surface area (Å²) in [5.74, 6) is 0.307. The molecule has 0 bridgehead atoms. The predicted molar refractivity (Wildman–Crippen MR) is 56.2 cm³/mol. The number of carbonyl (C=O) groups is 1. The minimum atomic E-state index is -0.286. The van der Waals surface area contributed by atoms with Crippen LogP contribution in [0.25, 0.3) is 0 Å². The zero-order valence-electron chi connectivity index (χ0n) is 7.70. The average molecular weight is 190 g/mol. The van der Waals surface area contributed by atoms with E-state index in [4.69, 9.17) is 4.74 Å². The Morgan fingerprint density at radius 1 is 1.15 bits per heavy atom. The van der Waals surface area contributed by atoms with Gasteiger partial charge in [0.05, 0.1) is 0 Å².